The van der Waals surface area contributed by atoms with Crippen molar-refractivity contribution >= 4 is 12.6 Å². The van der Waals surface area contributed by atoms with Crippen LogP contribution in [0, 0.1) is 0 Å². The summed E-state index contributed by atoms with van der Waals surface area (Å²) in [6.45, 7) is 10.9. The van der Waals surface area contributed by atoms with Gasteiger partial charge in [-0.15, -0.1) is 0 Å². The first kappa shape index (κ1) is 17.1. The summed E-state index contributed by atoms with van der Waals surface area (Å²) in [5, 5.41) is 4.63. The molecule has 2 rings (SSSR count). The summed E-state index contributed by atoms with van der Waals surface area (Å²) < 4.78 is 2.03. The van der Waals surface area contributed by atoms with E-state index in [-0.39, 0.29) is 5.37 Å². The van der Waals surface area contributed by atoms with Gasteiger partial charge in [-0.3, -0.25) is 9.67 Å². The largest absolute Gasteiger partial charge is 0.261 e. The molecule has 0 spiro atoms. The number of thiol groups is 1. The number of nitrogens with zero attached hydrogens (tertiary/aromatic N) is 3. The third kappa shape index (κ3) is 3.54. The van der Waals surface area contributed by atoms with Crippen molar-refractivity contribution in [2.75, 3.05) is 0 Å². The molecule has 0 saturated heterocycles. The van der Waals surface area contributed by atoms with Crippen molar-refractivity contribution < 1.29 is 0 Å². The number of hydrogen-bond acceptors (Lipinski definition) is 3. The minimum absolute atomic E-state index is 0.114. The third-order valence-electron chi connectivity index (χ3n) is 4.15. The summed E-state index contributed by atoms with van der Waals surface area (Å²) in [6.07, 6.45) is 5.88. The molecule has 0 aliphatic heterocycles. The molecule has 0 N–H and O–H groups in total. The molecule has 0 aliphatic rings. The summed E-state index contributed by atoms with van der Waals surface area (Å²) in [5.74, 6) is 0.883. The van der Waals surface area contributed by atoms with E-state index >= 15 is 0 Å². The summed E-state index contributed by atoms with van der Waals surface area (Å²) >= 11 is 4.52. The van der Waals surface area contributed by atoms with Gasteiger partial charge >= 0.3 is 0 Å². The van der Waals surface area contributed by atoms with E-state index in [0.717, 1.165) is 12.8 Å². The van der Waals surface area contributed by atoms with Gasteiger partial charge in [-0.05, 0) is 48.8 Å². The van der Waals surface area contributed by atoms with E-state index in [9.17, 15) is 0 Å². The van der Waals surface area contributed by atoms with Crippen LogP contribution in [-0.4, -0.2) is 14.8 Å². The fourth-order valence-electron chi connectivity index (χ4n) is 3.07. The summed E-state index contributed by atoms with van der Waals surface area (Å²) in [5.41, 5.74) is 5.19. The molecule has 0 amide bonds. The van der Waals surface area contributed by atoms with Gasteiger partial charge in [-0.25, -0.2) is 0 Å². The molecule has 0 fully saturated rings. The lowest BCUT2D eigenvalue weighted by atomic mass is 9.89. The Bertz CT molecular complexity index is 617. The fraction of sp³-hybridized carbons (Fsp3) is 0.556. The lowest BCUT2D eigenvalue weighted by molar-refractivity contribution is 0.610. The Labute approximate surface area is 139 Å². The Morgan fingerprint density at radius 2 is 1.95 bits per heavy atom. The van der Waals surface area contributed by atoms with Crippen LogP contribution in [0.15, 0.2) is 24.5 Å². The van der Waals surface area contributed by atoms with Gasteiger partial charge in [0.25, 0.3) is 0 Å². The van der Waals surface area contributed by atoms with E-state index in [0.29, 0.717) is 11.8 Å². The van der Waals surface area contributed by atoms with Crippen molar-refractivity contribution in [3.05, 3.63) is 47.0 Å². The van der Waals surface area contributed by atoms with Crippen LogP contribution in [0.2, 0.25) is 0 Å². The molecule has 2 aromatic heterocycles. The maximum atomic E-state index is 4.58. The first-order valence-electron chi connectivity index (χ1n) is 8.13. The molecule has 2 aromatic rings. The van der Waals surface area contributed by atoms with Gasteiger partial charge in [-0.1, -0.05) is 33.8 Å². The van der Waals surface area contributed by atoms with Crippen molar-refractivity contribution in [3.8, 4) is 0 Å². The molecule has 0 radical (unpaired) electrons. The molecule has 2 atom stereocenters. The normalized spacial score (nSPS) is 14.3. The maximum absolute atomic E-state index is 4.58. The average molecular weight is 318 g/mol. The molecule has 0 saturated carbocycles. The highest BCUT2D eigenvalue weighted by molar-refractivity contribution is 7.80. The van der Waals surface area contributed by atoms with Gasteiger partial charge in [0.2, 0.25) is 0 Å². The monoisotopic (exact) mass is 317 g/mol. The van der Waals surface area contributed by atoms with E-state index in [1.54, 1.807) is 0 Å². The molecule has 0 aromatic carbocycles. The number of pyridine rings is 1. The van der Waals surface area contributed by atoms with Crippen LogP contribution < -0.4 is 0 Å². The van der Waals surface area contributed by atoms with Gasteiger partial charge in [-0.2, -0.15) is 17.7 Å². The maximum Gasteiger partial charge on any atom is 0.0917 e. The predicted octanol–water partition coefficient (Wildman–Crippen LogP) is 4.76. The van der Waals surface area contributed by atoms with Gasteiger partial charge in [0.1, 0.15) is 0 Å². The highest BCUT2D eigenvalue weighted by Crippen LogP contribution is 2.28. The van der Waals surface area contributed by atoms with Gasteiger partial charge < -0.3 is 0 Å². The zero-order valence-corrected chi connectivity index (χ0v) is 15.1. The minimum Gasteiger partial charge on any atom is -0.261 e. The van der Waals surface area contributed by atoms with Crippen LogP contribution >= 0.6 is 12.6 Å². The molecule has 22 heavy (non-hydrogen) atoms. The Morgan fingerprint density at radius 3 is 2.55 bits per heavy atom. The first-order valence-corrected chi connectivity index (χ1v) is 8.65. The summed E-state index contributed by atoms with van der Waals surface area (Å²) in [7, 11) is 0. The van der Waals surface area contributed by atoms with Crippen LogP contribution in [0.4, 0.5) is 0 Å². The topological polar surface area (TPSA) is 30.7 Å². The Morgan fingerprint density at radius 1 is 1.23 bits per heavy atom. The zero-order valence-electron chi connectivity index (χ0n) is 14.2. The van der Waals surface area contributed by atoms with Gasteiger partial charge in [0.15, 0.2) is 0 Å². The summed E-state index contributed by atoms with van der Waals surface area (Å²) in [6, 6.07) is 4.25. The van der Waals surface area contributed by atoms with E-state index in [1.165, 1.54) is 22.5 Å². The second-order valence-corrected chi connectivity index (χ2v) is 7.03. The molecule has 0 bridgehead atoms. The second kappa shape index (κ2) is 7.32. The van der Waals surface area contributed by atoms with Crippen LogP contribution in [0.25, 0.3) is 0 Å². The Hall–Kier alpha value is -1.29. The Kier molecular flexibility index (Phi) is 5.68. The van der Waals surface area contributed by atoms with Crippen molar-refractivity contribution in [1.82, 2.24) is 14.8 Å². The molecule has 2 heterocycles. The highest BCUT2D eigenvalue weighted by Gasteiger charge is 2.18. The third-order valence-corrected chi connectivity index (χ3v) is 4.37. The van der Waals surface area contributed by atoms with E-state index in [2.05, 4.69) is 63.4 Å². The van der Waals surface area contributed by atoms with Gasteiger partial charge in [0.05, 0.1) is 11.6 Å². The van der Waals surface area contributed by atoms with Crippen LogP contribution in [-0.2, 0) is 12.8 Å². The summed E-state index contributed by atoms with van der Waals surface area (Å²) in [4.78, 5) is 4.58. The quantitative estimate of drug-likeness (QED) is 0.779. The molecular weight excluding hydrogens is 290 g/mol. The number of aromatic nitrogens is 3. The molecular formula is C18H27N3S. The molecule has 0 aliphatic carbocycles. The van der Waals surface area contributed by atoms with E-state index in [4.69, 9.17) is 0 Å². The highest BCUT2D eigenvalue weighted by atomic mass is 32.1. The van der Waals surface area contributed by atoms with Crippen LogP contribution in [0.5, 0.6) is 0 Å². The smallest absolute Gasteiger partial charge is 0.0917 e. The van der Waals surface area contributed by atoms with Crippen molar-refractivity contribution in [1.29, 1.82) is 0 Å². The lowest BCUT2D eigenvalue weighted by Crippen LogP contribution is -2.09. The lowest BCUT2D eigenvalue weighted by Gasteiger charge is -2.18. The first-order chi connectivity index (χ1) is 10.5. The van der Waals surface area contributed by atoms with Crippen molar-refractivity contribution in [3.63, 3.8) is 0 Å². The predicted molar refractivity (Wildman–Crippen MR) is 95.7 cm³/mol. The van der Waals surface area contributed by atoms with Crippen LogP contribution in [0.3, 0.4) is 0 Å². The Balaban J connectivity index is 2.28. The second-order valence-electron chi connectivity index (χ2n) is 6.28. The van der Waals surface area contributed by atoms with Gasteiger partial charge in [0, 0.05) is 17.6 Å². The minimum atomic E-state index is 0.114. The molecule has 4 heteroatoms. The fourth-order valence-corrected chi connectivity index (χ4v) is 3.27. The average Bonchev–Trinajstić information content (AvgIpc) is 2.89. The molecule has 120 valence electrons. The SMILES string of the molecule is CCc1c(CC(C)c2cccnc2C(C)C)cnn1C(C)S. The number of hydrogen-bond donors (Lipinski definition) is 1. The number of rotatable bonds is 6. The van der Waals surface area contributed by atoms with Crippen molar-refractivity contribution in [2.45, 2.75) is 64.7 Å². The van der Waals surface area contributed by atoms with Crippen molar-refractivity contribution in [2.24, 2.45) is 0 Å². The van der Waals surface area contributed by atoms with E-state index in [1.807, 2.05) is 23.1 Å². The van der Waals surface area contributed by atoms with Crippen LogP contribution in [0.1, 0.15) is 74.3 Å². The molecule has 2 unspecified atom stereocenters. The molecule has 3 nitrogen and oxygen atoms in total. The standard InChI is InChI=1S/C18H27N3S/c1-6-17-15(11-20-21(17)14(5)22)10-13(4)16-8-7-9-19-18(16)12(2)3/h7-9,11-14,22H,6,10H2,1-5H3. The van der Waals surface area contributed by atoms with E-state index < -0.39 is 0 Å². The zero-order chi connectivity index (χ0) is 16.3.